The van der Waals surface area contributed by atoms with E-state index in [0.717, 1.165) is 29.9 Å². The molecule has 4 aromatic rings. The van der Waals surface area contributed by atoms with Crippen molar-refractivity contribution in [2.45, 2.75) is 31.8 Å². The topological polar surface area (TPSA) is 99.8 Å². The number of aryl methyl sites for hydroxylation is 1. The van der Waals surface area contributed by atoms with Crippen LogP contribution in [0, 0.1) is 0 Å². The Labute approximate surface area is 196 Å². The summed E-state index contributed by atoms with van der Waals surface area (Å²) in [6.07, 6.45) is 1.81. The van der Waals surface area contributed by atoms with Crippen LogP contribution in [0.4, 0.5) is 5.82 Å². The average Bonchev–Trinajstić information content (AvgIpc) is 3.46. The van der Waals surface area contributed by atoms with Crippen LogP contribution in [0.3, 0.4) is 0 Å². The number of benzene rings is 2. The number of tetrazole rings is 1. The zero-order valence-corrected chi connectivity index (χ0v) is 19.3. The van der Waals surface area contributed by atoms with E-state index in [1.165, 1.54) is 11.8 Å². The van der Waals surface area contributed by atoms with E-state index in [2.05, 4.69) is 32.9 Å². The molecule has 0 aliphatic rings. The third-order valence-electron chi connectivity index (χ3n) is 4.70. The molecule has 170 valence electrons. The van der Waals surface area contributed by atoms with Crippen molar-refractivity contribution >= 4 is 23.5 Å². The van der Waals surface area contributed by atoms with Crippen LogP contribution in [-0.2, 0) is 11.2 Å². The summed E-state index contributed by atoms with van der Waals surface area (Å²) in [5, 5.41) is 20.1. The Kier molecular flexibility index (Phi) is 7.36. The van der Waals surface area contributed by atoms with E-state index in [0.29, 0.717) is 23.3 Å². The molecule has 0 aliphatic carbocycles. The number of anilines is 1. The summed E-state index contributed by atoms with van der Waals surface area (Å²) in [4.78, 5) is 12.8. The molecule has 0 saturated carbocycles. The molecule has 0 fully saturated rings. The van der Waals surface area contributed by atoms with Crippen molar-refractivity contribution in [2.24, 2.45) is 0 Å². The lowest BCUT2D eigenvalue weighted by Crippen LogP contribution is -2.17. The van der Waals surface area contributed by atoms with Gasteiger partial charge in [0.1, 0.15) is 17.3 Å². The van der Waals surface area contributed by atoms with E-state index in [-0.39, 0.29) is 11.7 Å². The van der Waals surface area contributed by atoms with Crippen molar-refractivity contribution < 1.29 is 9.53 Å². The lowest BCUT2D eigenvalue weighted by Gasteiger charge is -2.11. The second-order valence-electron chi connectivity index (χ2n) is 7.13. The first-order valence-electron chi connectivity index (χ1n) is 10.8. The second-order valence-corrected chi connectivity index (χ2v) is 8.07. The number of nitrogens with zero attached hydrogens (tertiary/aromatic N) is 6. The molecule has 2 aromatic carbocycles. The Bertz CT molecular complexity index is 1210. The van der Waals surface area contributed by atoms with Gasteiger partial charge in [0.2, 0.25) is 11.1 Å². The number of rotatable bonds is 10. The molecule has 2 aromatic heterocycles. The van der Waals surface area contributed by atoms with Crippen molar-refractivity contribution in [2.75, 3.05) is 17.7 Å². The number of hydrogen-bond donors (Lipinski definition) is 1. The first-order chi connectivity index (χ1) is 16.2. The Morgan fingerprint density at radius 1 is 1.06 bits per heavy atom. The summed E-state index contributed by atoms with van der Waals surface area (Å²) in [6, 6.07) is 19.2. The number of carbonyl (C=O) groups is 1. The van der Waals surface area contributed by atoms with Crippen LogP contribution in [0.2, 0.25) is 0 Å². The molecule has 1 N–H and O–H groups in total. The molecule has 0 spiro atoms. The van der Waals surface area contributed by atoms with Gasteiger partial charge in [-0.3, -0.25) is 4.79 Å². The Morgan fingerprint density at radius 2 is 1.85 bits per heavy atom. The van der Waals surface area contributed by atoms with E-state index in [1.807, 2.05) is 67.6 Å². The van der Waals surface area contributed by atoms with Crippen molar-refractivity contribution in [3.63, 3.8) is 0 Å². The van der Waals surface area contributed by atoms with Gasteiger partial charge in [-0.05, 0) is 48.0 Å². The van der Waals surface area contributed by atoms with Crippen LogP contribution in [0.1, 0.15) is 26.0 Å². The molecule has 0 atom stereocenters. The molecule has 0 radical (unpaired) electrons. The number of aromatic nitrogens is 6. The monoisotopic (exact) mass is 463 g/mol. The lowest BCUT2D eigenvalue weighted by atomic mass is 10.2. The minimum absolute atomic E-state index is 0.139. The molecule has 10 heteroatoms. The van der Waals surface area contributed by atoms with Gasteiger partial charge in [0.15, 0.2) is 0 Å². The maximum Gasteiger partial charge on any atom is 0.236 e. The van der Waals surface area contributed by atoms with Gasteiger partial charge in [-0.25, -0.2) is 4.68 Å². The minimum Gasteiger partial charge on any atom is -0.492 e. The Balaban J connectivity index is 1.48. The highest BCUT2D eigenvalue weighted by molar-refractivity contribution is 7.99. The number of thioether (sulfide) groups is 1. The molecular formula is C23H25N7O2S. The highest BCUT2D eigenvalue weighted by atomic mass is 32.2. The van der Waals surface area contributed by atoms with Crippen molar-refractivity contribution in [3.05, 3.63) is 66.4 Å². The Hall–Kier alpha value is -3.66. The van der Waals surface area contributed by atoms with Crippen molar-refractivity contribution in [1.29, 1.82) is 0 Å². The van der Waals surface area contributed by atoms with E-state index in [1.54, 1.807) is 9.36 Å². The summed E-state index contributed by atoms with van der Waals surface area (Å²) in [7, 11) is 0. The van der Waals surface area contributed by atoms with Gasteiger partial charge in [0.25, 0.3) is 0 Å². The van der Waals surface area contributed by atoms with Crippen LogP contribution in [0.25, 0.3) is 11.4 Å². The first kappa shape index (κ1) is 22.5. The maximum atomic E-state index is 12.8. The first-order valence-corrected chi connectivity index (χ1v) is 11.8. The van der Waals surface area contributed by atoms with Gasteiger partial charge in [0, 0.05) is 6.07 Å². The van der Waals surface area contributed by atoms with Crippen LogP contribution in [0.5, 0.6) is 5.75 Å². The summed E-state index contributed by atoms with van der Waals surface area (Å²) in [6.45, 7) is 4.55. The SMILES string of the molecule is CCCc1cc(NC(=O)CSc2nnnn2-c2ccccc2OCC)n(-c2ccccc2)n1. The number of carbonyl (C=O) groups excluding carboxylic acids is 1. The van der Waals surface area contributed by atoms with Gasteiger partial charge in [-0.15, -0.1) is 5.10 Å². The van der Waals surface area contributed by atoms with Gasteiger partial charge < -0.3 is 10.1 Å². The largest absolute Gasteiger partial charge is 0.492 e. The summed E-state index contributed by atoms with van der Waals surface area (Å²) < 4.78 is 9.02. The van der Waals surface area contributed by atoms with E-state index < -0.39 is 0 Å². The highest BCUT2D eigenvalue weighted by Gasteiger charge is 2.17. The number of para-hydroxylation sites is 3. The molecular weight excluding hydrogens is 438 g/mol. The molecule has 2 heterocycles. The molecule has 33 heavy (non-hydrogen) atoms. The fourth-order valence-corrected chi connectivity index (χ4v) is 3.99. The zero-order chi connectivity index (χ0) is 23.0. The summed E-state index contributed by atoms with van der Waals surface area (Å²) in [5.41, 5.74) is 2.54. The van der Waals surface area contributed by atoms with Gasteiger partial charge >= 0.3 is 0 Å². The lowest BCUT2D eigenvalue weighted by molar-refractivity contribution is -0.113. The van der Waals surface area contributed by atoms with Gasteiger partial charge in [-0.2, -0.15) is 9.78 Å². The zero-order valence-electron chi connectivity index (χ0n) is 18.5. The van der Waals surface area contributed by atoms with Crippen LogP contribution in [0.15, 0.2) is 65.8 Å². The van der Waals surface area contributed by atoms with Gasteiger partial charge in [0.05, 0.1) is 23.7 Å². The van der Waals surface area contributed by atoms with Crippen LogP contribution in [-0.4, -0.2) is 48.3 Å². The smallest absolute Gasteiger partial charge is 0.236 e. The summed E-state index contributed by atoms with van der Waals surface area (Å²) in [5.74, 6) is 1.28. The molecule has 0 aliphatic heterocycles. The van der Waals surface area contributed by atoms with Crippen LogP contribution >= 0.6 is 11.8 Å². The highest BCUT2D eigenvalue weighted by Crippen LogP contribution is 2.26. The third-order valence-corrected chi connectivity index (χ3v) is 5.62. The quantitative estimate of drug-likeness (QED) is 0.356. The normalized spacial score (nSPS) is 10.8. The predicted octanol–water partition coefficient (Wildman–Crippen LogP) is 3.93. The molecule has 1 amide bonds. The van der Waals surface area contributed by atoms with Crippen molar-refractivity contribution in [3.8, 4) is 17.1 Å². The van der Waals surface area contributed by atoms with Crippen LogP contribution < -0.4 is 10.1 Å². The predicted molar refractivity (Wildman–Crippen MR) is 127 cm³/mol. The molecule has 0 saturated heterocycles. The maximum absolute atomic E-state index is 12.8. The fraction of sp³-hybridized carbons (Fsp3) is 0.261. The standard InChI is InChI=1S/C23H25N7O2S/c1-3-10-17-15-21(29(26-17)18-11-6-5-7-12-18)24-22(31)16-33-23-25-27-28-30(23)19-13-8-9-14-20(19)32-4-2/h5-9,11-15H,3-4,10,16H2,1-2H3,(H,24,31). The summed E-state index contributed by atoms with van der Waals surface area (Å²) >= 11 is 1.25. The molecule has 0 unspecified atom stereocenters. The Morgan fingerprint density at radius 3 is 2.64 bits per heavy atom. The fourth-order valence-electron chi connectivity index (χ4n) is 3.30. The van der Waals surface area contributed by atoms with Gasteiger partial charge in [-0.1, -0.05) is 55.4 Å². The number of ether oxygens (including phenoxy) is 1. The van der Waals surface area contributed by atoms with Crippen molar-refractivity contribution in [1.82, 2.24) is 30.0 Å². The van der Waals surface area contributed by atoms with E-state index in [4.69, 9.17) is 4.74 Å². The number of hydrogen-bond acceptors (Lipinski definition) is 7. The molecule has 4 rings (SSSR count). The molecule has 9 nitrogen and oxygen atoms in total. The molecule has 0 bridgehead atoms. The minimum atomic E-state index is -0.173. The van der Waals surface area contributed by atoms with E-state index in [9.17, 15) is 4.79 Å². The average molecular weight is 464 g/mol. The number of amides is 1. The van der Waals surface area contributed by atoms with E-state index >= 15 is 0 Å². The second kappa shape index (κ2) is 10.8. The number of nitrogens with one attached hydrogen (secondary N) is 1. The third kappa shape index (κ3) is 5.40.